The molecule has 0 saturated carbocycles. The Morgan fingerprint density at radius 1 is 0.929 bits per heavy atom. The molecular formula is C20H21F2N3O2S. The first kappa shape index (κ1) is 20.1. The first-order chi connectivity index (χ1) is 13.5. The largest absolute Gasteiger partial charge is 0.366 e. The summed E-state index contributed by atoms with van der Waals surface area (Å²) in [7, 11) is 0. The van der Waals surface area contributed by atoms with Crippen molar-refractivity contribution in [2.24, 2.45) is 0 Å². The molecule has 1 aliphatic rings. The van der Waals surface area contributed by atoms with E-state index in [2.05, 4.69) is 5.32 Å². The minimum absolute atomic E-state index is 0.0345. The Morgan fingerprint density at radius 3 is 2.29 bits per heavy atom. The average molecular weight is 405 g/mol. The van der Waals surface area contributed by atoms with E-state index in [1.165, 1.54) is 42.1 Å². The average Bonchev–Trinajstić information content (AvgIpc) is 2.70. The maximum Gasteiger partial charge on any atom is 0.234 e. The summed E-state index contributed by atoms with van der Waals surface area (Å²) in [6.07, 6.45) is 0. The number of anilines is 2. The lowest BCUT2D eigenvalue weighted by molar-refractivity contribution is -0.128. The van der Waals surface area contributed by atoms with E-state index in [1.54, 1.807) is 23.1 Å². The molecule has 0 aromatic heterocycles. The Hall–Kier alpha value is -2.61. The van der Waals surface area contributed by atoms with E-state index in [-0.39, 0.29) is 35.0 Å². The number of rotatable bonds is 6. The number of piperazine rings is 1. The third kappa shape index (κ3) is 5.45. The lowest BCUT2D eigenvalue weighted by Gasteiger charge is -2.36. The maximum absolute atomic E-state index is 13.9. The molecule has 3 rings (SSSR count). The molecule has 0 radical (unpaired) electrons. The number of hydrogen-bond acceptors (Lipinski definition) is 4. The zero-order valence-corrected chi connectivity index (χ0v) is 16.1. The highest BCUT2D eigenvalue weighted by Crippen LogP contribution is 2.20. The SMILES string of the molecule is O=C(CSCC(=O)N1CCN(c2ccccc2F)CC1)Nc1ccc(F)cc1. The van der Waals surface area contributed by atoms with Gasteiger partial charge in [0.2, 0.25) is 11.8 Å². The lowest BCUT2D eigenvalue weighted by atomic mass is 10.2. The number of nitrogens with zero attached hydrogens (tertiary/aromatic N) is 2. The number of carbonyl (C=O) groups excluding carboxylic acids is 2. The van der Waals surface area contributed by atoms with Gasteiger partial charge in [-0.3, -0.25) is 9.59 Å². The molecule has 0 spiro atoms. The predicted molar refractivity (Wildman–Crippen MR) is 108 cm³/mol. The van der Waals surface area contributed by atoms with Crippen LogP contribution in [0.1, 0.15) is 0 Å². The number of halogens is 2. The molecule has 8 heteroatoms. The van der Waals surface area contributed by atoms with Gasteiger partial charge in [0.05, 0.1) is 17.2 Å². The highest BCUT2D eigenvalue weighted by molar-refractivity contribution is 8.00. The van der Waals surface area contributed by atoms with Crippen molar-refractivity contribution in [1.29, 1.82) is 0 Å². The normalized spacial score (nSPS) is 14.1. The van der Waals surface area contributed by atoms with Gasteiger partial charge in [-0.15, -0.1) is 11.8 Å². The Labute approximate surface area is 166 Å². The molecule has 0 unspecified atom stereocenters. The summed E-state index contributed by atoms with van der Waals surface area (Å²) in [5.41, 5.74) is 1.07. The van der Waals surface area contributed by atoms with Gasteiger partial charge in [0.15, 0.2) is 0 Å². The number of hydrogen-bond donors (Lipinski definition) is 1. The molecule has 1 aliphatic heterocycles. The second-order valence-electron chi connectivity index (χ2n) is 6.37. The van der Waals surface area contributed by atoms with Crippen LogP contribution >= 0.6 is 11.8 Å². The van der Waals surface area contributed by atoms with E-state index in [0.717, 1.165) is 0 Å². The van der Waals surface area contributed by atoms with Gasteiger partial charge < -0.3 is 15.1 Å². The van der Waals surface area contributed by atoms with Crippen LogP contribution in [0.2, 0.25) is 0 Å². The minimum Gasteiger partial charge on any atom is -0.366 e. The third-order valence-corrected chi connectivity index (χ3v) is 5.33. The van der Waals surface area contributed by atoms with E-state index in [0.29, 0.717) is 37.6 Å². The van der Waals surface area contributed by atoms with Crippen LogP contribution in [-0.2, 0) is 9.59 Å². The summed E-state index contributed by atoms with van der Waals surface area (Å²) >= 11 is 1.23. The summed E-state index contributed by atoms with van der Waals surface area (Å²) in [4.78, 5) is 27.9. The number of amides is 2. The molecule has 1 heterocycles. The molecule has 0 aliphatic carbocycles. The molecule has 28 heavy (non-hydrogen) atoms. The van der Waals surface area contributed by atoms with Crippen LogP contribution in [-0.4, -0.2) is 54.4 Å². The zero-order valence-electron chi connectivity index (χ0n) is 15.2. The molecule has 2 aromatic rings. The first-order valence-corrected chi connectivity index (χ1v) is 10.1. The summed E-state index contributed by atoms with van der Waals surface area (Å²) in [6, 6.07) is 12.1. The lowest BCUT2D eigenvalue weighted by Crippen LogP contribution is -2.49. The number of carbonyl (C=O) groups is 2. The molecule has 148 valence electrons. The number of nitrogens with one attached hydrogen (secondary N) is 1. The maximum atomic E-state index is 13.9. The van der Waals surface area contributed by atoms with Gasteiger partial charge in [0, 0.05) is 31.9 Å². The molecule has 2 aromatic carbocycles. The van der Waals surface area contributed by atoms with Gasteiger partial charge in [0.25, 0.3) is 0 Å². The molecular weight excluding hydrogens is 384 g/mol. The molecule has 1 saturated heterocycles. The van der Waals surface area contributed by atoms with Crippen LogP contribution in [0.25, 0.3) is 0 Å². The van der Waals surface area contributed by atoms with Crippen molar-refractivity contribution < 1.29 is 18.4 Å². The van der Waals surface area contributed by atoms with Crippen molar-refractivity contribution in [2.75, 3.05) is 47.9 Å². The predicted octanol–water partition coefficient (Wildman–Crippen LogP) is 2.99. The third-order valence-electron chi connectivity index (χ3n) is 4.41. The van der Waals surface area contributed by atoms with Crippen LogP contribution in [0.3, 0.4) is 0 Å². The molecule has 0 atom stereocenters. The van der Waals surface area contributed by atoms with Crippen molar-refractivity contribution in [1.82, 2.24) is 4.90 Å². The number of thioether (sulfide) groups is 1. The first-order valence-electron chi connectivity index (χ1n) is 8.93. The van der Waals surface area contributed by atoms with Crippen LogP contribution in [0.5, 0.6) is 0 Å². The zero-order chi connectivity index (χ0) is 19.9. The topological polar surface area (TPSA) is 52.7 Å². The molecule has 5 nitrogen and oxygen atoms in total. The molecule has 2 amide bonds. The van der Waals surface area contributed by atoms with Crippen molar-refractivity contribution in [3.05, 3.63) is 60.2 Å². The highest BCUT2D eigenvalue weighted by atomic mass is 32.2. The van der Waals surface area contributed by atoms with E-state index in [9.17, 15) is 18.4 Å². The van der Waals surface area contributed by atoms with Gasteiger partial charge >= 0.3 is 0 Å². The van der Waals surface area contributed by atoms with Crippen molar-refractivity contribution in [3.63, 3.8) is 0 Å². The van der Waals surface area contributed by atoms with E-state index in [4.69, 9.17) is 0 Å². The minimum atomic E-state index is -0.368. The quantitative estimate of drug-likeness (QED) is 0.803. The highest BCUT2D eigenvalue weighted by Gasteiger charge is 2.22. The fourth-order valence-electron chi connectivity index (χ4n) is 2.96. The van der Waals surface area contributed by atoms with Crippen molar-refractivity contribution in [2.45, 2.75) is 0 Å². The van der Waals surface area contributed by atoms with Gasteiger partial charge in [-0.05, 0) is 36.4 Å². The fourth-order valence-corrected chi connectivity index (χ4v) is 3.67. The Balaban J connectivity index is 1.38. The molecule has 1 fully saturated rings. The number of para-hydroxylation sites is 1. The Bertz CT molecular complexity index is 824. The summed E-state index contributed by atoms with van der Waals surface area (Å²) < 4.78 is 26.7. The van der Waals surface area contributed by atoms with Crippen LogP contribution in [0.4, 0.5) is 20.2 Å². The van der Waals surface area contributed by atoms with E-state index < -0.39 is 0 Å². The van der Waals surface area contributed by atoms with Crippen molar-refractivity contribution >= 4 is 35.0 Å². The van der Waals surface area contributed by atoms with Crippen LogP contribution in [0, 0.1) is 11.6 Å². The summed E-state index contributed by atoms with van der Waals surface area (Å²) in [5.74, 6) is -0.561. The Morgan fingerprint density at radius 2 is 1.61 bits per heavy atom. The smallest absolute Gasteiger partial charge is 0.234 e. The van der Waals surface area contributed by atoms with Crippen LogP contribution < -0.4 is 10.2 Å². The molecule has 0 bridgehead atoms. The second kappa shape index (κ2) is 9.54. The van der Waals surface area contributed by atoms with Crippen LogP contribution in [0.15, 0.2) is 48.5 Å². The second-order valence-corrected chi connectivity index (χ2v) is 7.35. The van der Waals surface area contributed by atoms with Gasteiger partial charge in [0.1, 0.15) is 11.6 Å². The van der Waals surface area contributed by atoms with Gasteiger partial charge in [-0.1, -0.05) is 12.1 Å². The standard InChI is InChI=1S/C20H21F2N3O2S/c21-15-5-7-16(8-6-15)23-19(26)13-28-14-20(27)25-11-9-24(10-12-25)18-4-2-1-3-17(18)22/h1-8H,9-14H2,(H,23,26). The van der Waals surface area contributed by atoms with Gasteiger partial charge in [-0.2, -0.15) is 0 Å². The Kier molecular flexibility index (Phi) is 6.86. The summed E-state index contributed by atoms with van der Waals surface area (Å²) in [6.45, 7) is 2.19. The summed E-state index contributed by atoms with van der Waals surface area (Å²) in [5, 5.41) is 2.66. The monoisotopic (exact) mass is 405 g/mol. The fraction of sp³-hybridized carbons (Fsp3) is 0.300. The molecule has 1 N–H and O–H groups in total. The van der Waals surface area contributed by atoms with E-state index >= 15 is 0 Å². The van der Waals surface area contributed by atoms with Crippen molar-refractivity contribution in [3.8, 4) is 0 Å². The van der Waals surface area contributed by atoms with Gasteiger partial charge in [-0.25, -0.2) is 8.78 Å². The number of benzene rings is 2. The van der Waals surface area contributed by atoms with E-state index in [1.807, 2.05) is 4.90 Å².